The lowest BCUT2D eigenvalue weighted by molar-refractivity contribution is 0.0603. The molecule has 0 amide bonds. The Labute approximate surface area is 143 Å². The van der Waals surface area contributed by atoms with Crippen molar-refractivity contribution in [2.75, 3.05) is 13.7 Å². The quantitative estimate of drug-likeness (QED) is 0.676. The van der Waals surface area contributed by atoms with Gasteiger partial charge < -0.3 is 9.47 Å². The van der Waals surface area contributed by atoms with Crippen molar-refractivity contribution in [1.29, 1.82) is 0 Å². The van der Waals surface area contributed by atoms with Crippen LogP contribution in [0.2, 0.25) is 5.02 Å². The molecule has 0 radical (unpaired) electrons. The van der Waals surface area contributed by atoms with Crippen LogP contribution in [0.25, 0.3) is 10.9 Å². The predicted molar refractivity (Wildman–Crippen MR) is 90.9 cm³/mol. The number of rotatable bonds is 4. The number of fused-ring (bicyclic) bond motifs is 1. The number of ether oxygens (including phenoxy) is 2. The van der Waals surface area contributed by atoms with Gasteiger partial charge in [0.2, 0.25) is 0 Å². The van der Waals surface area contributed by atoms with Crippen molar-refractivity contribution in [2.24, 2.45) is 0 Å². The van der Waals surface area contributed by atoms with E-state index in [0.29, 0.717) is 27.2 Å². The van der Waals surface area contributed by atoms with Crippen LogP contribution in [0.4, 0.5) is 0 Å². The van der Waals surface area contributed by atoms with Crippen LogP contribution in [-0.4, -0.2) is 30.2 Å². The lowest BCUT2D eigenvalue weighted by Crippen LogP contribution is -2.18. The Hall–Kier alpha value is -2.79. The maximum absolute atomic E-state index is 12.5. The van der Waals surface area contributed by atoms with E-state index in [1.165, 1.54) is 17.9 Å². The van der Waals surface area contributed by atoms with Crippen molar-refractivity contribution in [1.82, 2.24) is 4.57 Å². The van der Waals surface area contributed by atoms with Gasteiger partial charge in [0.1, 0.15) is 5.75 Å². The molecule has 2 aromatic carbocycles. The Morgan fingerprint density at radius 3 is 2.50 bits per heavy atom. The highest BCUT2D eigenvalue weighted by Crippen LogP contribution is 2.22. The third-order valence-corrected chi connectivity index (χ3v) is 3.81. The molecule has 0 fully saturated rings. The van der Waals surface area contributed by atoms with Gasteiger partial charge in [0, 0.05) is 16.6 Å². The number of methoxy groups -OCH3 is 1. The van der Waals surface area contributed by atoms with Crippen LogP contribution < -0.4 is 4.74 Å². The Bertz CT molecular complexity index is 899. The van der Waals surface area contributed by atoms with E-state index in [-0.39, 0.29) is 12.5 Å². The number of hydrogen-bond acceptors (Lipinski definition) is 4. The van der Waals surface area contributed by atoms with Crippen molar-refractivity contribution in [3.05, 3.63) is 65.3 Å². The average molecular weight is 344 g/mol. The molecule has 0 aliphatic carbocycles. The zero-order chi connectivity index (χ0) is 17.1. The second-order valence-corrected chi connectivity index (χ2v) is 5.49. The molecule has 0 aliphatic rings. The molecule has 0 unspecified atom stereocenters. The highest BCUT2D eigenvalue weighted by Gasteiger charge is 2.18. The highest BCUT2D eigenvalue weighted by molar-refractivity contribution is 6.30. The minimum Gasteiger partial charge on any atom is -0.484 e. The molecule has 122 valence electrons. The molecule has 3 aromatic rings. The maximum Gasteiger partial charge on any atom is 0.340 e. The van der Waals surface area contributed by atoms with Crippen LogP contribution in [0, 0.1) is 0 Å². The number of para-hydroxylation sites is 1. The summed E-state index contributed by atoms with van der Waals surface area (Å²) in [5.41, 5.74) is 0.968. The van der Waals surface area contributed by atoms with E-state index < -0.39 is 5.97 Å². The Balaban J connectivity index is 1.87. The first kappa shape index (κ1) is 16.1. The number of halogens is 1. The van der Waals surface area contributed by atoms with E-state index in [9.17, 15) is 9.59 Å². The Morgan fingerprint density at radius 2 is 1.79 bits per heavy atom. The molecule has 24 heavy (non-hydrogen) atoms. The number of hydrogen-bond donors (Lipinski definition) is 0. The molecule has 1 aromatic heterocycles. The molecule has 0 saturated heterocycles. The summed E-state index contributed by atoms with van der Waals surface area (Å²) in [4.78, 5) is 24.4. The molecule has 0 aliphatic heterocycles. The summed E-state index contributed by atoms with van der Waals surface area (Å²) in [7, 11) is 1.31. The summed E-state index contributed by atoms with van der Waals surface area (Å²) in [6, 6.07) is 13.9. The Morgan fingerprint density at radius 1 is 1.08 bits per heavy atom. The monoisotopic (exact) mass is 343 g/mol. The van der Waals surface area contributed by atoms with Gasteiger partial charge in [0.15, 0.2) is 6.61 Å². The first-order valence-electron chi connectivity index (χ1n) is 7.20. The number of carbonyl (C=O) groups is 2. The highest BCUT2D eigenvalue weighted by atomic mass is 35.5. The number of benzene rings is 2. The van der Waals surface area contributed by atoms with Crippen LogP contribution in [0.5, 0.6) is 5.75 Å². The maximum atomic E-state index is 12.5. The van der Waals surface area contributed by atoms with E-state index in [4.69, 9.17) is 21.1 Å². The third kappa shape index (κ3) is 3.12. The van der Waals surface area contributed by atoms with E-state index in [2.05, 4.69) is 0 Å². The van der Waals surface area contributed by atoms with Gasteiger partial charge in [-0.3, -0.25) is 9.36 Å². The molecule has 0 saturated carbocycles. The summed E-state index contributed by atoms with van der Waals surface area (Å²) in [6.07, 6.45) is 1.48. The molecule has 1 heterocycles. The first-order valence-corrected chi connectivity index (χ1v) is 7.58. The fourth-order valence-corrected chi connectivity index (χ4v) is 2.53. The topological polar surface area (TPSA) is 57.5 Å². The molecule has 0 atom stereocenters. The van der Waals surface area contributed by atoms with E-state index in [1.54, 1.807) is 48.5 Å². The molecular weight excluding hydrogens is 330 g/mol. The van der Waals surface area contributed by atoms with Crippen molar-refractivity contribution in [3.63, 3.8) is 0 Å². The predicted octanol–water partition coefficient (Wildman–Crippen LogP) is 3.80. The van der Waals surface area contributed by atoms with Crippen molar-refractivity contribution in [2.45, 2.75) is 0 Å². The van der Waals surface area contributed by atoms with Crippen LogP contribution in [0.1, 0.15) is 15.2 Å². The van der Waals surface area contributed by atoms with Gasteiger partial charge in [-0.2, -0.15) is 0 Å². The van der Waals surface area contributed by atoms with E-state index in [1.807, 2.05) is 0 Å². The molecule has 3 rings (SSSR count). The number of esters is 1. The largest absolute Gasteiger partial charge is 0.484 e. The normalized spacial score (nSPS) is 10.6. The lowest BCUT2D eigenvalue weighted by Gasteiger charge is -2.07. The first-order chi connectivity index (χ1) is 11.6. The minimum atomic E-state index is -0.489. The lowest BCUT2D eigenvalue weighted by atomic mass is 10.2. The fraction of sp³-hybridized carbons (Fsp3) is 0.111. The number of aromatic nitrogens is 1. The standard InChI is InChI=1S/C18H14ClNO4/c1-23-18(22)15-10-20(16-5-3-2-4-14(15)16)17(21)11-24-13-8-6-12(19)7-9-13/h2-10H,11H2,1H3. The molecule has 0 spiro atoms. The zero-order valence-corrected chi connectivity index (χ0v) is 13.6. The van der Waals surface area contributed by atoms with Crippen LogP contribution in [-0.2, 0) is 4.74 Å². The molecule has 0 N–H and O–H groups in total. The Kier molecular flexibility index (Phi) is 4.53. The van der Waals surface area contributed by atoms with E-state index >= 15 is 0 Å². The molecule has 0 bridgehead atoms. The van der Waals surface area contributed by atoms with Gasteiger partial charge in [-0.25, -0.2) is 4.79 Å². The van der Waals surface area contributed by atoms with Gasteiger partial charge in [-0.15, -0.1) is 0 Å². The average Bonchev–Trinajstić information content (AvgIpc) is 3.00. The molecular formula is C18H14ClNO4. The van der Waals surface area contributed by atoms with Crippen molar-refractivity contribution >= 4 is 34.4 Å². The smallest absolute Gasteiger partial charge is 0.340 e. The summed E-state index contributed by atoms with van der Waals surface area (Å²) in [5.74, 6) is -0.245. The van der Waals surface area contributed by atoms with Gasteiger partial charge in [-0.1, -0.05) is 29.8 Å². The summed E-state index contributed by atoms with van der Waals surface area (Å²) in [6.45, 7) is -0.166. The second-order valence-electron chi connectivity index (χ2n) is 5.06. The summed E-state index contributed by atoms with van der Waals surface area (Å²) >= 11 is 5.81. The molecule has 6 heteroatoms. The third-order valence-electron chi connectivity index (χ3n) is 3.56. The van der Waals surface area contributed by atoms with Gasteiger partial charge >= 0.3 is 5.97 Å². The van der Waals surface area contributed by atoms with Gasteiger partial charge in [0.25, 0.3) is 5.91 Å². The second kappa shape index (κ2) is 6.76. The minimum absolute atomic E-state index is 0.166. The van der Waals surface area contributed by atoms with Crippen LogP contribution in [0.15, 0.2) is 54.7 Å². The van der Waals surface area contributed by atoms with Crippen LogP contribution >= 0.6 is 11.6 Å². The van der Waals surface area contributed by atoms with Crippen molar-refractivity contribution < 1.29 is 19.1 Å². The summed E-state index contributed by atoms with van der Waals surface area (Å²) < 4.78 is 11.6. The van der Waals surface area contributed by atoms with Crippen molar-refractivity contribution in [3.8, 4) is 5.75 Å². The SMILES string of the molecule is COC(=O)c1cn(C(=O)COc2ccc(Cl)cc2)c2ccccc12. The van der Waals surface area contributed by atoms with Gasteiger partial charge in [0.05, 0.1) is 18.2 Å². The van der Waals surface area contributed by atoms with E-state index in [0.717, 1.165) is 0 Å². The number of nitrogens with zero attached hydrogens (tertiary/aromatic N) is 1. The fourth-order valence-electron chi connectivity index (χ4n) is 2.40. The molecule has 5 nitrogen and oxygen atoms in total. The zero-order valence-electron chi connectivity index (χ0n) is 12.9. The van der Waals surface area contributed by atoms with Crippen LogP contribution in [0.3, 0.4) is 0 Å². The van der Waals surface area contributed by atoms with Gasteiger partial charge in [-0.05, 0) is 30.3 Å². The number of carbonyl (C=O) groups excluding carboxylic acids is 2. The summed E-state index contributed by atoms with van der Waals surface area (Å²) in [5, 5.41) is 1.25.